The fourth-order valence-electron chi connectivity index (χ4n) is 5.25. The van der Waals surface area contributed by atoms with Gasteiger partial charge in [0, 0.05) is 22.1 Å². The van der Waals surface area contributed by atoms with E-state index in [0.29, 0.717) is 6.42 Å². The molecular weight excluding hydrogens is 464 g/mol. The number of hydrogen-bond donors (Lipinski definition) is 5. The van der Waals surface area contributed by atoms with Gasteiger partial charge in [0.25, 0.3) is 0 Å². The van der Waals surface area contributed by atoms with E-state index in [1.165, 1.54) is 0 Å². The van der Waals surface area contributed by atoms with E-state index in [1.54, 1.807) is 11.8 Å². The molecule has 5 N–H and O–H groups in total. The number of rotatable bonds is 5. The van der Waals surface area contributed by atoms with Crippen molar-refractivity contribution >= 4 is 39.3 Å². The van der Waals surface area contributed by atoms with Gasteiger partial charge in [-0.05, 0) is 41.7 Å². The van der Waals surface area contributed by atoms with Crippen molar-refractivity contribution in [3.63, 3.8) is 0 Å². The van der Waals surface area contributed by atoms with Crippen LogP contribution in [0.1, 0.15) is 30.4 Å². The molecule has 3 aromatic carbocycles. The van der Waals surface area contributed by atoms with Crippen molar-refractivity contribution in [2.75, 3.05) is 12.0 Å². The molecule has 1 heterocycles. The van der Waals surface area contributed by atoms with Crippen LogP contribution >= 0.6 is 11.8 Å². The van der Waals surface area contributed by atoms with Gasteiger partial charge in [0.15, 0.2) is 11.5 Å². The number of benzene rings is 3. The first-order valence-electron chi connectivity index (χ1n) is 11.3. The smallest absolute Gasteiger partial charge is 0.208 e. The molecule has 1 aromatic heterocycles. The van der Waals surface area contributed by atoms with Crippen LogP contribution in [0.25, 0.3) is 27.5 Å². The molecule has 0 amide bonds. The summed E-state index contributed by atoms with van der Waals surface area (Å²) < 4.78 is 6.10. The minimum Gasteiger partial charge on any atom is -0.504 e. The molecule has 5 rings (SSSR count). The summed E-state index contributed by atoms with van der Waals surface area (Å²) in [4.78, 5) is 0. The SMILES string of the molecule is CSCCC1(C)C(c2cccc3oc4ccccc4c23)=CC=CC1c1c(O)c(O)c(O)c(O)c1O. The first kappa shape index (κ1) is 23.1. The zero-order valence-corrected chi connectivity index (χ0v) is 20.1. The van der Waals surface area contributed by atoms with Crippen molar-refractivity contribution in [2.45, 2.75) is 19.3 Å². The normalized spacial score (nSPS) is 19.9. The second kappa shape index (κ2) is 8.50. The fraction of sp³-hybridized carbons (Fsp3) is 0.214. The van der Waals surface area contributed by atoms with Crippen LogP contribution in [-0.4, -0.2) is 37.5 Å². The molecule has 0 aliphatic heterocycles. The molecular formula is C28H26O6S. The first-order valence-corrected chi connectivity index (χ1v) is 12.7. The number of allylic oxidation sites excluding steroid dienone is 4. The van der Waals surface area contributed by atoms with Gasteiger partial charge in [0.05, 0.1) is 5.56 Å². The monoisotopic (exact) mass is 490 g/mol. The van der Waals surface area contributed by atoms with Gasteiger partial charge in [-0.2, -0.15) is 11.8 Å². The van der Waals surface area contributed by atoms with Crippen LogP contribution in [0.5, 0.6) is 28.7 Å². The molecule has 2 atom stereocenters. The van der Waals surface area contributed by atoms with Gasteiger partial charge < -0.3 is 29.9 Å². The van der Waals surface area contributed by atoms with E-state index in [1.807, 2.05) is 73.9 Å². The summed E-state index contributed by atoms with van der Waals surface area (Å²) >= 11 is 1.68. The minimum absolute atomic E-state index is 0.0347. The molecule has 1 aliphatic rings. The molecule has 1 aliphatic carbocycles. The lowest BCUT2D eigenvalue weighted by molar-refractivity contribution is 0.308. The van der Waals surface area contributed by atoms with Crippen molar-refractivity contribution in [3.8, 4) is 28.7 Å². The van der Waals surface area contributed by atoms with Crippen LogP contribution in [0, 0.1) is 5.41 Å². The Morgan fingerprint density at radius 3 is 2.23 bits per heavy atom. The van der Waals surface area contributed by atoms with E-state index in [2.05, 4.69) is 0 Å². The van der Waals surface area contributed by atoms with E-state index < -0.39 is 40.1 Å². The maximum atomic E-state index is 10.8. The number of hydrogen-bond acceptors (Lipinski definition) is 7. The third-order valence-electron chi connectivity index (χ3n) is 7.10. The van der Waals surface area contributed by atoms with Crippen molar-refractivity contribution in [3.05, 3.63) is 71.8 Å². The Labute approximate surface area is 206 Å². The second-order valence-corrected chi connectivity index (χ2v) is 10.0. The van der Waals surface area contributed by atoms with E-state index in [9.17, 15) is 25.5 Å². The highest BCUT2D eigenvalue weighted by Crippen LogP contribution is 2.61. The number of fused-ring (bicyclic) bond motifs is 3. The van der Waals surface area contributed by atoms with E-state index in [4.69, 9.17) is 4.42 Å². The van der Waals surface area contributed by atoms with Crippen LogP contribution < -0.4 is 0 Å². The largest absolute Gasteiger partial charge is 0.504 e. The number of furan rings is 1. The summed E-state index contributed by atoms with van der Waals surface area (Å²) in [5.74, 6) is -3.82. The van der Waals surface area contributed by atoms with Crippen LogP contribution in [-0.2, 0) is 0 Å². The molecule has 7 heteroatoms. The average molecular weight is 491 g/mol. The molecule has 2 unspecified atom stereocenters. The average Bonchev–Trinajstić information content (AvgIpc) is 3.25. The summed E-state index contributed by atoms with van der Waals surface area (Å²) in [5, 5.41) is 54.0. The lowest BCUT2D eigenvalue weighted by atomic mass is 9.62. The number of thioether (sulfide) groups is 1. The molecule has 35 heavy (non-hydrogen) atoms. The minimum atomic E-state index is -0.959. The highest BCUT2D eigenvalue weighted by molar-refractivity contribution is 7.98. The van der Waals surface area contributed by atoms with E-state index in [-0.39, 0.29) is 5.56 Å². The summed E-state index contributed by atoms with van der Waals surface area (Å²) in [5.41, 5.74) is 2.79. The van der Waals surface area contributed by atoms with E-state index >= 15 is 0 Å². The summed E-state index contributed by atoms with van der Waals surface area (Å²) in [7, 11) is 0. The van der Waals surface area contributed by atoms with Crippen molar-refractivity contribution < 1.29 is 29.9 Å². The Kier molecular flexibility index (Phi) is 5.60. The zero-order valence-electron chi connectivity index (χ0n) is 19.3. The molecule has 180 valence electrons. The number of phenolic OH excluding ortho intramolecular Hbond substituents is 5. The van der Waals surface area contributed by atoms with Crippen molar-refractivity contribution in [2.24, 2.45) is 5.41 Å². The highest BCUT2D eigenvalue weighted by Gasteiger charge is 2.43. The molecule has 0 saturated carbocycles. The summed E-state index contributed by atoms with van der Waals surface area (Å²) in [6.07, 6.45) is 8.39. The maximum Gasteiger partial charge on any atom is 0.208 e. The Balaban J connectivity index is 1.77. The van der Waals surface area contributed by atoms with Gasteiger partial charge in [0.1, 0.15) is 11.2 Å². The Bertz CT molecular complexity index is 1490. The maximum absolute atomic E-state index is 10.8. The molecule has 0 fully saturated rings. The number of phenols is 5. The Hall–Kier alpha value is -3.71. The van der Waals surface area contributed by atoms with Crippen molar-refractivity contribution in [1.82, 2.24) is 0 Å². The van der Waals surface area contributed by atoms with Crippen LogP contribution in [0.3, 0.4) is 0 Å². The number of aromatic hydroxyl groups is 5. The molecule has 4 aromatic rings. The van der Waals surface area contributed by atoms with Gasteiger partial charge in [-0.25, -0.2) is 0 Å². The van der Waals surface area contributed by atoms with Gasteiger partial charge in [-0.3, -0.25) is 0 Å². The zero-order chi connectivity index (χ0) is 24.9. The quantitative estimate of drug-likeness (QED) is 0.158. The van der Waals surface area contributed by atoms with Gasteiger partial charge in [0.2, 0.25) is 17.2 Å². The lowest BCUT2D eigenvalue weighted by Crippen LogP contribution is -2.29. The van der Waals surface area contributed by atoms with Crippen molar-refractivity contribution in [1.29, 1.82) is 0 Å². The van der Waals surface area contributed by atoms with Gasteiger partial charge in [-0.1, -0.05) is 55.5 Å². The molecule has 0 spiro atoms. The van der Waals surface area contributed by atoms with E-state index in [0.717, 1.165) is 38.8 Å². The second-order valence-electron chi connectivity index (χ2n) is 9.04. The molecule has 6 nitrogen and oxygen atoms in total. The van der Waals surface area contributed by atoms with Gasteiger partial charge in [-0.15, -0.1) is 0 Å². The fourth-order valence-corrected chi connectivity index (χ4v) is 5.88. The third-order valence-corrected chi connectivity index (χ3v) is 7.72. The summed E-state index contributed by atoms with van der Waals surface area (Å²) in [6.45, 7) is 2.05. The third kappa shape index (κ3) is 3.41. The Morgan fingerprint density at radius 1 is 0.857 bits per heavy atom. The standard InChI is InChI=1S/C28H26O6S/c1-28(13-14-35-2)17(15-8-5-12-20-21(15)16-7-3-4-11-19(16)34-20)9-6-10-18(28)22-23(29)25(31)27(33)26(32)24(22)30/h3-12,18,29-33H,13-14H2,1-2H3. The Morgan fingerprint density at radius 2 is 1.51 bits per heavy atom. The van der Waals surface area contributed by atoms with Gasteiger partial charge >= 0.3 is 0 Å². The molecule has 0 radical (unpaired) electrons. The predicted octanol–water partition coefficient (Wildman–Crippen LogP) is 6.61. The summed E-state index contributed by atoms with van der Waals surface area (Å²) in [6, 6.07) is 13.8. The van der Waals surface area contributed by atoms with Crippen LogP contribution in [0.2, 0.25) is 0 Å². The predicted molar refractivity (Wildman–Crippen MR) is 139 cm³/mol. The highest BCUT2D eigenvalue weighted by atomic mass is 32.2. The molecule has 0 bridgehead atoms. The van der Waals surface area contributed by atoms with Crippen LogP contribution in [0.15, 0.2) is 65.1 Å². The van der Waals surface area contributed by atoms with Crippen LogP contribution in [0.4, 0.5) is 0 Å². The topological polar surface area (TPSA) is 114 Å². The lowest BCUT2D eigenvalue weighted by Gasteiger charge is -2.41. The molecule has 0 saturated heterocycles. The first-order chi connectivity index (χ1) is 16.8. The number of para-hydroxylation sites is 1.